The van der Waals surface area contributed by atoms with Gasteiger partial charge in [-0.3, -0.25) is 4.79 Å². The van der Waals surface area contributed by atoms with Crippen molar-refractivity contribution in [1.82, 2.24) is 0 Å². The van der Waals surface area contributed by atoms with Crippen LogP contribution in [0.25, 0.3) is 0 Å². The second-order valence-corrected chi connectivity index (χ2v) is 5.92. The second kappa shape index (κ2) is 7.29. The summed E-state index contributed by atoms with van der Waals surface area (Å²) in [5, 5.41) is 3.94. The van der Waals surface area contributed by atoms with E-state index < -0.39 is 5.91 Å². The predicted molar refractivity (Wildman–Crippen MR) is 91.5 cm³/mol. The zero-order valence-electron chi connectivity index (χ0n) is 11.0. The Kier molecular flexibility index (Phi) is 5.64. The van der Waals surface area contributed by atoms with E-state index in [4.69, 9.17) is 56.9 Å². The smallest absolute Gasteiger partial charge is 0.262 e. The van der Waals surface area contributed by atoms with Crippen LogP contribution in [0.15, 0.2) is 30.3 Å². The van der Waals surface area contributed by atoms with Gasteiger partial charge in [0.2, 0.25) is 0 Å². The maximum absolute atomic E-state index is 11.9. The van der Waals surface area contributed by atoms with Crippen molar-refractivity contribution >= 4 is 63.7 Å². The minimum atomic E-state index is -0.422. The average molecular weight is 380 g/mol. The molecule has 0 bridgehead atoms. The van der Waals surface area contributed by atoms with Crippen molar-refractivity contribution in [2.75, 3.05) is 17.7 Å². The van der Waals surface area contributed by atoms with Gasteiger partial charge in [-0.15, -0.1) is 0 Å². The molecule has 4 nitrogen and oxygen atoms in total. The van der Waals surface area contributed by atoms with Gasteiger partial charge < -0.3 is 15.8 Å². The van der Waals surface area contributed by atoms with Gasteiger partial charge in [0.25, 0.3) is 5.91 Å². The second-order valence-electron chi connectivity index (χ2n) is 4.27. The fraction of sp³-hybridized carbons (Fsp3) is 0.0714. The summed E-state index contributed by atoms with van der Waals surface area (Å²) in [5.41, 5.74) is 6.28. The fourth-order valence-electron chi connectivity index (χ4n) is 1.58. The van der Waals surface area contributed by atoms with Gasteiger partial charge in [-0.2, -0.15) is 0 Å². The summed E-state index contributed by atoms with van der Waals surface area (Å²) < 4.78 is 5.32. The van der Waals surface area contributed by atoms with Crippen molar-refractivity contribution in [2.45, 2.75) is 0 Å². The number of nitrogens with one attached hydrogen (secondary N) is 1. The normalized spacial score (nSPS) is 10.4. The molecule has 0 aliphatic rings. The van der Waals surface area contributed by atoms with Crippen LogP contribution in [-0.4, -0.2) is 12.5 Å². The van der Waals surface area contributed by atoms with Crippen LogP contribution >= 0.6 is 46.4 Å². The topological polar surface area (TPSA) is 64.3 Å². The number of nitrogen functional groups attached to an aromatic ring is 1. The highest BCUT2D eigenvalue weighted by Gasteiger charge is 2.10. The third kappa shape index (κ3) is 4.34. The van der Waals surface area contributed by atoms with Crippen LogP contribution in [0.1, 0.15) is 0 Å². The van der Waals surface area contributed by atoms with Crippen molar-refractivity contribution < 1.29 is 9.53 Å². The highest BCUT2D eigenvalue weighted by molar-refractivity contribution is 6.37. The van der Waals surface area contributed by atoms with E-state index in [9.17, 15) is 4.79 Å². The molecule has 1 amide bonds. The van der Waals surface area contributed by atoms with Gasteiger partial charge in [0.15, 0.2) is 6.61 Å². The molecular formula is C14H10Cl4N2O2. The Hall–Kier alpha value is -1.33. The summed E-state index contributed by atoms with van der Waals surface area (Å²) in [5.74, 6) is -0.0728. The Morgan fingerprint density at radius 1 is 1.05 bits per heavy atom. The highest BCUT2D eigenvalue weighted by atomic mass is 35.5. The number of nitrogens with two attached hydrogens (primary N) is 1. The molecule has 116 valence electrons. The summed E-state index contributed by atoms with van der Waals surface area (Å²) in [6.45, 7) is -0.250. The molecule has 3 N–H and O–H groups in total. The minimum Gasteiger partial charge on any atom is -0.482 e. The lowest BCUT2D eigenvalue weighted by Crippen LogP contribution is -2.20. The third-order valence-corrected chi connectivity index (χ3v) is 3.78. The Morgan fingerprint density at radius 3 is 2.45 bits per heavy atom. The minimum absolute atomic E-state index is 0.250. The summed E-state index contributed by atoms with van der Waals surface area (Å²) in [4.78, 5) is 11.9. The predicted octanol–water partition coefficient (Wildman–Crippen LogP) is 4.90. The van der Waals surface area contributed by atoms with Gasteiger partial charge in [0, 0.05) is 5.02 Å². The molecule has 2 aromatic carbocycles. The summed E-state index contributed by atoms with van der Waals surface area (Å²) in [6.07, 6.45) is 0. The standard InChI is InChI=1S/C14H10Cl4N2O2/c15-7-1-2-13(10(18)3-7)22-6-14(21)20-12-5-8(16)11(19)4-9(12)17/h1-5H,6,19H2,(H,20,21). The van der Waals surface area contributed by atoms with Crippen LogP contribution in [0.3, 0.4) is 0 Å². The van der Waals surface area contributed by atoms with E-state index in [1.165, 1.54) is 18.2 Å². The fourth-order valence-corrected chi connectivity index (χ4v) is 2.43. The largest absolute Gasteiger partial charge is 0.482 e. The number of hydrogen-bond acceptors (Lipinski definition) is 3. The maximum atomic E-state index is 11.9. The quantitative estimate of drug-likeness (QED) is 0.742. The molecule has 0 aromatic heterocycles. The number of carbonyl (C=O) groups excluding carboxylic acids is 1. The first-order chi connectivity index (χ1) is 10.4. The number of anilines is 2. The molecule has 2 aromatic rings. The van der Waals surface area contributed by atoms with Gasteiger partial charge in [0.05, 0.1) is 26.4 Å². The number of ether oxygens (including phenoxy) is 1. The van der Waals surface area contributed by atoms with E-state index in [2.05, 4.69) is 5.32 Å². The zero-order chi connectivity index (χ0) is 16.3. The summed E-state index contributed by atoms with van der Waals surface area (Å²) in [6, 6.07) is 7.62. The van der Waals surface area contributed by atoms with E-state index in [1.807, 2.05) is 0 Å². The van der Waals surface area contributed by atoms with Crippen LogP contribution < -0.4 is 15.8 Å². The molecule has 0 fully saturated rings. The van der Waals surface area contributed by atoms with E-state index >= 15 is 0 Å². The maximum Gasteiger partial charge on any atom is 0.262 e. The average Bonchev–Trinajstić information content (AvgIpc) is 2.44. The Morgan fingerprint density at radius 2 is 1.77 bits per heavy atom. The number of hydrogen-bond donors (Lipinski definition) is 2. The van der Waals surface area contributed by atoms with Gasteiger partial charge in [-0.25, -0.2) is 0 Å². The first kappa shape index (κ1) is 17.0. The third-order valence-electron chi connectivity index (χ3n) is 2.61. The summed E-state index contributed by atoms with van der Waals surface area (Å²) >= 11 is 23.6. The van der Waals surface area contributed by atoms with Crippen LogP contribution in [0.4, 0.5) is 11.4 Å². The Bertz CT molecular complexity index is 722. The molecular weight excluding hydrogens is 370 g/mol. The summed E-state index contributed by atoms with van der Waals surface area (Å²) in [7, 11) is 0. The van der Waals surface area contributed by atoms with Crippen molar-refractivity contribution in [2.24, 2.45) is 0 Å². The molecule has 0 aliphatic carbocycles. The van der Waals surface area contributed by atoms with E-state index in [-0.39, 0.29) is 11.6 Å². The van der Waals surface area contributed by atoms with Crippen molar-refractivity contribution in [3.05, 3.63) is 50.4 Å². The van der Waals surface area contributed by atoms with Crippen molar-refractivity contribution in [1.29, 1.82) is 0 Å². The molecule has 0 saturated carbocycles. The number of benzene rings is 2. The number of halogens is 4. The number of amides is 1. The molecule has 0 spiro atoms. The van der Waals surface area contributed by atoms with Crippen LogP contribution in [0.2, 0.25) is 20.1 Å². The van der Waals surface area contributed by atoms with E-state index in [1.54, 1.807) is 12.1 Å². The molecule has 0 aliphatic heterocycles. The molecule has 2 rings (SSSR count). The van der Waals surface area contributed by atoms with Gasteiger partial charge >= 0.3 is 0 Å². The Labute approximate surface area is 147 Å². The van der Waals surface area contributed by atoms with Gasteiger partial charge in [-0.05, 0) is 30.3 Å². The van der Waals surface area contributed by atoms with Crippen LogP contribution in [0.5, 0.6) is 5.75 Å². The lowest BCUT2D eigenvalue weighted by molar-refractivity contribution is -0.118. The lowest BCUT2D eigenvalue weighted by Gasteiger charge is -2.11. The van der Waals surface area contributed by atoms with Crippen molar-refractivity contribution in [3.63, 3.8) is 0 Å². The van der Waals surface area contributed by atoms with Crippen LogP contribution in [0, 0.1) is 0 Å². The highest BCUT2D eigenvalue weighted by Crippen LogP contribution is 2.31. The van der Waals surface area contributed by atoms with Gasteiger partial charge in [-0.1, -0.05) is 46.4 Å². The van der Waals surface area contributed by atoms with Crippen molar-refractivity contribution in [3.8, 4) is 5.75 Å². The first-order valence-corrected chi connectivity index (χ1v) is 7.50. The molecule has 0 heterocycles. The number of rotatable bonds is 4. The molecule has 0 unspecified atom stereocenters. The first-order valence-electron chi connectivity index (χ1n) is 5.99. The van der Waals surface area contributed by atoms with Crippen LogP contribution in [-0.2, 0) is 4.79 Å². The van der Waals surface area contributed by atoms with E-state index in [0.717, 1.165) is 0 Å². The number of carbonyl (C=O) groups is 1. The van der Waals surface area contributed by atoms with Gasteiger partial charge in [0.1, 0.15) is 5.75 Å². The molecule has 0 radical (unpaired) electrons. The molecule has 0 saturated heterocycles. The molecule has 8 heteroatoms. The van der Waals surface area contributed by atoms with E-state index in [0.29, 0.717) is 32.2 Å². The SMILES string of the molecule is Nc1cc(Cl)c(NC(=O)COc2ccc(Cl)cc2Cl)cc1Cl. The lowest BCUT2D eigenvalue weighted by atomic mass is 10.3. The Balaban J connectivity index is 2.00. The molecule has 0 atom stereocenters. The monoisotopic (exact) mass is 378 g/mol. The zero-order valence-corrected chi connectivity index (χ0v) is 14.0. The molecule has 22 heavy (non-hydrogen) atoms.